The van der Waals surface area contributed by atoms with E-state index >= 15 is 0 Å². The van der Waals surface area contributed by atoms with Crippen molar-refractivity contribution in [3.05, 3.63) is 34.3 Å². The first kappa shape index (κ1) is 17.0. The summed E-state index contributed by atoms with van der Waals surface area (Å²) in [7, 11) is -2.99. The molecule has 1 heterocycles. The molecule has 1 saturated heterocycles. The third kappa shape index (κ3) is 5.42. The maximum absolute atomic E-state index is 11.7. The summed E-state index contributed by atoms with van der Waals surface area (Å²) in [6.07, 6.45) is 0.770. The van der Waals surface area contributed by atoms with Crippen molar-refractivity contribution in [2.75, 3.05) is 11.5 Å². The summed E-state index contributed by atoms with van der Waals surface area (Å²) in [5, 5.41) is 0. The normalized spacial score (nSPS) is 19.6. The van der Waals surface area contributed by atoms with E-state index in [-0.39, 0.29) is 42.1 Å². The lowest BCUT2D eigenvalue weighted by molar-refractivity contribution is -0.129. The predicted octanol–water partition coefficient (Wildman–Crippen LogP) is 0.964. The fraction of sp³-hybridized carbons (Fsp3) is 0.429. The number of hydrogen-bond donors (Lipinski definition) is 2. The standard InChI is InChI=1S/C14H17BrN2O4S/c15-12-3-1-10(2-4-12)7-13(18)16-17-14(19)8-11-5-6-22(20,21)9-11/h1-4,11H,5-9H2,(H,16,18)(H,17,19). The largest absolute Gasteiger partial charge is 0.273 e. The lowest BCUT2D eigenvalue weighted by Crippen LogP contribution is -2.43. The second-order valence-corrected chi connectivity index (χ2v) is 8.52. The molecule has 6 nitrogen and oxygen atoms in total. The molecule has 8 heteroatoms. The molecule has 1 aliphatic rings. The number of carbonyl (C=O) groups is 2. The molecule has 120 valence electrons. The van der Waals surface area contributed by atoms with E-state index in [0.29, 0.717) is 6.42 Å². The minimum atomic E-state index is -2.99. The van der Waals surface area contributed by atoms with Crippen LogP contribution in [0, 0.1) is 5.92 Å². The zero-order valence-electron chi connectivity index (χ0n) is 11.8. The number of rotatable bonds is 4. The molecule has 1 unspecified atom stereocenters. The van der Waals surface area contributed by atoms with E-state index in [1.807, 2.05) is 24.3 Å². The second kappa shape index (κ2) is 7.23. The number of benzene rings is 1. The molecule has 0 aliphatic carbocycles. The van der Waals surface area contributed by atoms with Crippen molar-refractivity contribution in [2.45, 2.75) is 19.3 Å². The molecule has 0 radical (unpaired) electrons. The van der Waals surface area contributed by atoms with Crippen LogP contribution in [0.1, 0.15) is 18.4 Å². The van der Waals surface area contributed by atoms with Crippen LogP contribution in [-0.4, -0.2) is 31.7 Å². The van der Waals surface area contributed by atoms with Gasteiger partial charge >= 0.3 is 0 Å². The Morgan fingerprint density at radius 1 is 1.14 bits per heavy atom. The van der Waals surface area contributed by atoms with Gasteiger partial charge in [-0.25, -0.2) is 8.42 Å². The Morgan fingerprint density at radius 3 is 2.36 bits per heavy atom. The molecule has 1 aromatic rings. The third-order valence-electron chi connectivity index (χ3n) is 3.42. The number of halogens is 1. The molecule has 2 N–H and O–H groups in total. The lowest BCUT2D eigenvalue weighted by atomic mass is 10.1. The Bertz CT molecular complexity index is 658. The Hall–Kier alpha value is -1.41. The zero-order valence-corrected chi connectivity index (χ0v) is 14.2. The first-order valence-corrected chi connectivity index (χ1v) is 9.48. The van der Waals surface area contributed by atoms with Crippen molar-refractivity contribution >= 4 is 37.6 Å². The maximum Gasteiger partial charge on any atom is 0.242 e. The average Bonchev–Trinajstić information content (AvgIpc) is 2.78. The minimum absolute atomic E-state index is 0.0489. The van der Waals surface area contributed by atoms with Crippen molar-refractivity contribution in [1.29, 1.82) is 0 Å². The van der Waals surface area contributed by atoms with Gasteiger partial charge in [-0.15, -0.1) is 0 Å². The molecule has 0 spiro atoms. The van der Waals surface area contributed by atoms with Crippen molar-refractivity contribution in [3.8, 4) is 0 Å². The highest BCUT2D eigenvalue weighted by atomic mass is 79.9. The molecule has 0 saturated carbocycles. The van der Waals surface area contributed by atoms with Gasteiger partial charge in [-0.05, 0) is 30.0 Å². The predicted molar refractivity (Wildman–Crippen MR) is 85.5 cm³/mol. The highest BCUT2D eigenvalue weighted by Gasteiger charge is 2.29. The van der Waals surface area contributed by atoms with E-state index < -0.39 is 9.84 Å². The lowest BCUT2D eigenvalue weighted by Gasteiger charge is -2.10. The van der Waals surface area contributed by atoms with Crippen LogP contribution < -0.4 is 10.9 Å². The number of amides is 2. The van der Waals surface area contributed by atoms with E-state index in [2.05, 4.69) is 26.8 Å². The average molecular weight is 389 g/mol. The Labute approximate surface area is 137 Å². The van der Waals surface area contributed by atoms with Crippen LogP contribution in [0.2, 0.25) is 0 Å². The van der Waals surface area contributed by atoms with Crippen LogP contribution in [0.25, 0.3) is 0 Å². The summed E-state index contributed by atoms with van der Waals surface area (Å²) in [5.74, 6) is -0.664. The van der Waals surface area contributed by atoms with Crippen molar-refractivity contribution < 1.29 is 18.0 Å². The van der Waals surface area contributed by atoms with Gasteiger partial charge in [-0.1, -0.05) is 28.1 Å². The number of nitrogens with one attached hydrogen (secondary N) is 2. The van der Waals surface area contributed by atoms with E-state index in [9.17, 15) is 18.0 Å². The van der Waals surface area contributed by atoms with E-state index in [1.165, 1.54) is 0 Å². The van der Waals surface area contributed by atoms with Gasteiger partial charge in [0, 0.05) is 10.9 Å². The second-order valence-electron chi connectivity index (χ2n) is 5.37. The van der Waals surface area contributed by atoms with E-state index in [1.54, 1.807) is 0 Å². The molecule has 1 fully saturated rings. The Balaban J connectivity index is 1.72. The van der Waals surface area contributed by atoms with E-state index in [4.69, 9.17) is 0 Å². The summed E-state index contributed by atoms with van der Waals surface area (Å²) in [5.41, 5.74) is 5.50. The van der Waals surface area contributed by atoms with Crippen LogP contribution in [-0.2, 0) is 25.8 Å². The van der Waals surface area contributed by atoms with Crippen LogP contribution in [0.15, 0.2) is 28.7 Å². The first-order valence-electron chi connectivity index (χ1n) is 6.86. The van der Waals surface area contributed by atoms with Gasteiger partial charge in [0.15, 0.2) is 9.84 Å². The van der Waals surface area contributed by atoms with Crippen LogP contribution in [0.3, 0.4) is 0 Å². The number of sulfone groups is 1. The number of hydrazine groups is 1. The van der Waals surface area contributed by atoms with Crippen molar-refractivity contribution in [3.63, 3.8) is 0 Å². The van der Waals surface area contributed by atoms with Gasteiger partial charge in [0.05, 0.1) is 17.9 Å². The smallest absolute Gasteiger partial charge is 0.242 e. The molecule has 2 rings (SSSR count). The van der Waals surface area contributed by atoms with Crippen molar-refractivity contribution in [1.82, 2.24) is 10.9 Å². The first-order chi connectivity index (χ1) is 10.3. The molecule has 1 aromatic carbocycles. The summed E-state index contributed by atoms with van der Waals surface area (Å²) < 4.78 is 23.5. The monoisotopic (exact) mass is 388 g/mol. The summed E-state index contributed by atoms with van der Waals surface area (Å²) >= 11 is 3.31. The molecule has 22 heavy (non-hydrogen) atoms. The molecule has 0 bridgehead atoms. The van der Waals surface area contributed by atoms with Crippen LogP contribution in [0.5, 0.6) is 0 Å². The molecular formula is C14H17BrN2O4S. The summed E-state index contributed by atoms with van der Waals surface area (Å²) in [6, 6.07) is 7.30. The topological polar surface area (TPSA) is 92.3 Å². The van der Waals surface area contributed by atoms with E-state index in [0.717, 1.165) is 10.0 Å². The summed E-state index contributed by atoms with van der Waals surface area (Å²) in [4.78, 5) is 23.4. The van der Waals surface area contributed by atoms with Gasteiger partial charge < -0.3 is 0 Å². The highest BCUT2D eigenvalue weighted by Crippen LogP contribution is 2.21. The number of hydrogen-bond acceptors (Lipinski definition) is 4. The molecule has 1 aliphatic heterocycles. The molecular weight excluding hydrogens is 372 g/mol. The van der Waals surface area contributed by atoms with Gasteiger partial charge in [0.1, 0.15) is 0 Å². The van der Waals surface area contributed by atoms with Crippen LogP contribution >= 0.6 is 15.9 Å². The fourth-order valence-corrected chi connectivity index (χ4v) is 4.44. The maximum atomic E-state index is 11.7. The molecule has 2 amide bonds. The molecule has 0 aromatic heterocycles. The van der Waals surface area contributed by atoms with Crippen molar-refractivity contribution in [2.24, 2.45) is 5.92 Å². The van der Waals surface area contributed by atoms with Gasteiger partial charge in [-0.3, -0.25) is 20.4 Å². The van der Waals surface area contributed by atoms with Gasteiger partial charge in [0.25, 0.3) is 0 Å². The minimum Gasteiger partial charge on any atom is -0.273 e. The van der Waals surface area contributed by atoms with Gasteiger partial charge in [0.2, 0.25) is 11.8 Å². The highest BCUT2D eigenvalue weighted by molar-refractivity contribution is 9.10. The number of carbonyl (C=O) groups excluding carboxylic acids is 2. The summed E-state index contributed by atoms with van der Waals surface area (Å²) in [6.45, 7) is 0. The fourth-order valence-electron chi connectivity index (χ4n) is 2.32. The molecule has 1 atom stereocenters. The Morgan fingerprint density at radius 2 is 1.77 bits per heavy atom. The van der Waals surface area contributed by atoms with Gasteiger partial charge in [-0.2, -0.15) is 0 Å². The zero-order chi connectivity index (χ0) is 16.2. The third-order valence-corrected chi connectivity index (χ3v) is 5.79. The van der Waals surface area contributed by atoms with Crippen LogP contribution in [0.4, 0.5) is 0 Å². The SMILES string of the molecule is O=C(Cc1ccc(Br)cc1)NNC(=O)CC1CCS(=O)(=O)C1. The quantitative estimate of drug-likeness (QED) is 0.751. The Kier molecular flexibility index (Phi) is 5.57.